The number of aryl methyl sites for hydroxylation is 1. The maximum Gasteiger partial charge on any atom is 0.272 e. The summed E-state index contributed by atoms with van der Waals surface area (Å²) in [5, 5.41) is 4.96. The number of para-hydroxylation sites is 1. The summed E-state index contributed by atoms with van der Waals surface area (Å²) in [6.45, 7) is 6.61. The number of pyridine rings is 1. The minimum atomic E-state index is 0.0565. The number of aromatic nitrogens is 2. The summed E-state index contributed by atoms with van der Waals surface area (Å²) in [5.74, 6) is 1.53. The van der Waals surface area contributed by atoms with E-state index in [0.29, 0.717) is 5.92 Å². The van der Waals surface area contributed by atoms with E-state index in [-0.39, 0.29) is 6.04 Å². The number of anilines is 1. The number of H-pyrrole nitrogens is 2. The average molecular weight is 356 g/mol. The van der Waals surface area contributed by atoms with Crippen molar-refractivity contribution in [2.75, 3.05) is 5.32 Å². The molecule has 3 N–H and O–H groups in total. The van der Waals surface area contributed by atoms with E-state index in [0.717, 1.165) is 5.82 Å². The summed E-state index contributed by atoms with van der Waals surface area (Å²) >= 11 is 0. The van der Waals surface area contributed by atoms with Gasteiger partial charge in [0.05, 0.1) is 6.20 Å². The second-order valence-corrected chi connectivity index (χ2v) is 7.38. The van der Waals surface area contributed by atoms with Crippen LogP contribution < -0.4 is 10.3 Å². The lowest BCUT2D eigenvalue weighted by Crippen LogP contribution is -2.19. The highest BCUT2D eigenvalue weighted by Crippen LogP contribution is 2.34. The van der Waals surface area contributed by atoms with Crippen molar-refractivity contribution in [2.24, 2.45) is 0 Å². The fourth-order valence-corrected chi connectivity index (χ4v) is 3.70. The van der Waals surface area contributed by atoms with Crippen LogP contribution in [0, 0.1) is 6.92 Å². The van der Waals surface area contributed by atoms with Crippen LogP contribution in [0.2, 0.25) is 0 Å². The Morgan fingerprint density at radius 3 is 2.26 bits per heavy atom. The van der Waals surface area contributed by atoms with Crippen LogP contribution in [0.4, 0.5) is 5.82 Å². The smallest absolute Gasteiger partial charge is 0.272 e. The summed E-state index contributed by atoms with van der Waals surface area (Å²) in [7, 11) is 0. The molecule has 0 fully saturated rings. The largest absolute Gasteiger partial charge is 0.358 e. The molecule has 0 saturated carbocycles. The Bertz CT molecular complexity index is 1030. The molecule has 0 spiro atoms. The van der Waals surface area contributed by atoms with Gasteiger partial charge in [-0.25, -0.2) is 4.98 Å². The van der Waals surface area contributed by atoms with E-state index < -0.39 is 0 Å². The molecule has 0 saturated heterocycles. The normalized spacial score (nSPS) is 12.4. The summed E-state index contributed by atoms with van der Waals surface area (Å²) in [6.07, 6.45) is 1.95. The Morgan fingerprint density at radius 2 is 1.56 bits per heavy atom. The molecule has 136 valence electrons. The van der Waals surface area contributed by atoms with Gasteiger partial charge in [-0.2, -0.15) is 0 Å². The first kappa shape index (κ1) is 17.3. The molecule has 2 aromatic heterocycles. The number of hydrogen-bond acceptors (Lipinski definition) is 1. The van der Waals surface area contributed by atoms with Crippen LogP contribution in [-0.2, 0) is 0 Å². The number of rotatable bonds is 5. The molecule has 0 radical (unpaired) electrons. The predicted octanol–water partition coefficient (Wildman–Crippen LogP) is 5.62. The highest BCUT2D eigenvalue weighted by atomic mass is 15.0. The summed E-state index contributed by atoms with van der Waals surface area (Å²) in [4.78, 5) is 6.85. The van der Waals surface area contributed by atoms with E-state index >= 15 is 0 Å². The number of nitrogens with one attached hydrogen (secondary N) is 3. The molecule has 4 rings (SSSR count). The lowest BCUT2D eigenvalue weighted by Gasteiger charge is -2.17. The molecule has 1 atom stereocenters. The minimum Gasteiger partial charge on any atom is -0.358 e. The molecule has 27 heavy (non-hydrogen) atoms. The van der Waals surface area contributed by atoms with Crippen molar-refractivity contribution in [3.63, 3.8) is 0 Å². The van der Waals surface area contributed by atoms with E-state index in [1.807, 2.05) is 18.3 Å². The highest BCUT2D eigenvalue weighted by Gasteiger charge is 2.25. The maximum absolute atomic E-state index is 3.70. The zero-order valence-corrected chi connectivity index (χ0v) is 16.1. The SMILES string of the molecule is Cc1[nH]c2ccccc2c1C(Nc1cccc[nH+]1)c1ccc(C(C)C)cc1. The van der Waals surface area contributed by atoms with Crippen molar-refractivity contribution in [2.45, 2.75) is 32.7 Å². The van der Waals surface area contributed by atoms with Crippen molar-refractivity contribution in [1.29, 1.82) is 0 Å². The monoisotopic (exact) mass is 356 g/mol. The van der Waals surface area contributed by atoms with E-state index in [4.69, 9.17) is 0 Å². The summed E-state index contributed by atoms with van der Waals surface area (Å²) in [5.41, 5.74) is 6.27. The molecule has 0 bridgehead atoms. The van der Waals surface area contributed by atoms with E-state index in [2.05, 4.69) is 90.7 Å². The third-order valence-corrected chi connectivity index (χ3v) is 5.18. The number of fused-ring (bicyclic) bond motifs is 1. The van der Waals surface area contributed by atoms with Gasteiger partial charge in [-0.15, -0.1) is 0 Å². The zero-order valence-electron chi connectivity index (χ0n) is 16.1. The molecule has 3 heteroatoms. The fourth-order valence-electron chi connectivity index (χ4n) is 3.70. The van der Waals surface area contributed by atoms with Gasteiger partial charge in [0.25, 0.3) is 5.82 Å². The topological polar surface area (TPSA) is 42.0 Å². The Labute approximate surface area is 160 Å². The molecule has 2 heterocycles. The van der Waals surface area contributed by atoms with Crippen LogP contribution in [0.25, 0.3) is 10.9 Å². The first-order chi connectivity index (χ1) is 13.1. The molecular weight excluding hydrogens is 330 g/mol. The fraction of sp³-hybridized carbons (Fsp3) is 0.208. The molecular formula is C24H26N3+. The van der Waals surface area contributed by atoms with Gasteiger partial charge in [-0.05, 0) is 30.5 Å². The van der Waals surface area contributed by atoms with Gasteiger partial charge in [0, 0.05) is 33.8 Å². The summed E-state index contributed by atoms with van der Waals surface area (Å²) in [6, 6.07) is 23.7. The van der Waals surface area contributed by atoms with Gasteiger partial charge in [0.1, 0.15) is 6.04 Å². The molecule has 0 aliphatic rings. The Balaban J connectivity index is 1.83. The van der Waals surface area contributed by atoms with Gasteiger partial charge in [-0.1, -0.05) is 62.4 Å². The molecule has 0 aliphatic carbocycles. The van der Waals surface area contributed by atoms with Crippen molar-refractivity contribution in [3.8, 4) is 0 Å². The number of benzene rings is 2. The van der Waals surface area contributed by atoms with Crippen molar-refractivity contribution in [1.82, 2.24) is 4.98 Å². The van der Waals surface area contributed by atoms with Gasteiger partial charge in [0.2, 0.25) is 0 Å². The molecule has 1 unspecified atom stereocenters. The molecule has 4 aromatic rings. The van der Waals surface area contributed by atoms with Gasteiger partial charge < -0.3 is 4.98 Å². The lowest BCUT2D eigenvalue weighted by molar-refractivity contribution is -0.361. The van der Waals surface area contributed by atoms with Crippen molar-refractivity contribution in [3.05, 3.63) is 95.3 Å². The van der Waals surface area contributed by atoms with Gasteiger partial charge in [0.15, 0.2) is 0 Å². The Kier molecular flexibility index (Phi) is 4.68. The predicted molar refractivity (Wildman–Crippen MR) is 112 cm³/mol. The maximum atomic E-state index is 3.70. The molecule has 3 nitrogen and oxygen atoms in total. The van der Waals surface area contributed by atoms with Crippen molar-refractivity contribution >= 4 is 16.7 Å². The third kappa shape index (κ3) is 3.45. The molecule has 0 aliphatic heterocycles. The van der Waals surface area contributed by atoms with Crippen LogP contribution in [0.1, 0.15) is 48.2 Å². The average Bonchev–Trinajstić information content (AvgIpc) is 3.02. The quantitative estimate of drug-likeness (QED) is 0.479. The minimum absolute atomic E-state index is 0.0565. The Morgan fingerprint density at radius 1 is 0.852 bits per heavy atom. The van der Waals surface area contributed by atoms with Crippen LogP contribution >= 0.6 is 0 Å². The second-order valence-electron chi connectivity index (χ2n) is 7.38. The zero-order chi connectivity index (χ0) is 18.8. The van der Waals surface area contributed by atoms with E-state index in [9.17, 15) is 0 Å². The third-order valence-electron chi connectivity index (χ3n) is 5.18. The number of hydrogen-bond donors (Lipinski definition) is 2. The van der Waals surface area contributed by atoms with Gasteiger partial charge >= 0.3 is 0 Å². The lowest BCUT2D eigenvalue weighted by atomic mass is 9.93. The van der Waals surface area contributed by atoms with Crippen LogP contribution in [-0.4, -0.2) is 4.98 Å². The van der Waals surface area contributed by atoms with Crippen molar-refractivity contribution < 1.29 is 4.98 Å². The second kappa shape index (κ2) is 7.28. The van der Waals surface area contributed by atoms with Crippen LogP contribution in [0.15, 0.2) is 72.9 Å². The van der Waals surface area contributed by atoms with Crippen LogP contribution in [0.3, 0.4) is 0 Å². The van der Waals surface area contributed by atoms with E-state index in [1.54, 1.807) is 0 Å². The first-order valence-corrected chi connectivity index (χ1v) is 9.54. The van der Waals surface area contributed by atoms with E-state index in [1.165, 1.54) is 33.3 Å². The number of aromatic amines is 2. The standard InChI is InChI=1S/C24H25N3/c1-16(2)18-11-13-19(14-12-18)24(27-22-10-6-7-15-25-22)23-17(3)26-21-9-5-4-8-20(21)23/h4-16,24,26H,1-3H3,(H,25,27)/p+1. The molecule has 2 aromatic carbocycles. The van der Waals surface area contributed by atoms with Gasteiger partial charge in [-0.3, -0.25) is 5.32 Å². The molecule has 0 amide bonds. The first-order valence-electron chi connectivity index (χ1n) is 9.54. The van der Waals surface area contributed by atoms with Crippen LogP contribution in [0.5, 0.6) is 0 Å². The Hall–Kier alpha value is -3.07. The highest BCUT2D eigenvalue weighted by molar-refractivity contribution is 5.86. The summed E-state index contributed by atoms with van der Waals surface area (Å²) < 4.78 is 0.